The third-order valence-corrected chi connectivity index (χ3v) is 4.34. The lowest BCUT2D eigenvalue weighted by Gasteiger charge is -1.94. The lowest BCUT2D eigenvalue weighted by molar-refractivity contribution is 0.473. The van der Waals surface area contributed by atoms with Gasteiger partial charge in [-0.25, -0.2) is 0 Å². The minimum atomic E-state index is 0.890. The predicted molar refractivity (Wildman–Crippen MR) is 73.5 cm³/mol. The van der Waals surface area contributed by atoms with Gasteiger partial charge in [0.15, 0.2) is 5.76 Å². The van der Waals surface area contributed by atoms with Crippen LogP contribution in [0.3, 0.4) is 0 Å². The van der Waals surface area contributed by atoms with Gasteiger partial charge >= 0.3 is 4.87 Å². The van der Waals surface area contributed by atoms with Crippen molar-refractivity contribution in [2.45, 2.75) is 17.1 Å². The molecule has 3 rings (SSSR count). The van der Waals surface area contributed by atoms with Gasteiger partial charge in [0, 0.05) is 18.4 Å². The van der Waals surface area contributed by atoms with Crippen molar-refractivity contribution in [2.24, 2.45) is 0 Å². The van der Waals surface area contributed by atoms with Crippen molar-refractivity contribution in [3.05, 3.63) is 35.2 Å². The van der Waals surface area contributed by atoms with Gasteiger partial charge in [-0.2, -0.15) is 4.58 Å². The maximum Gasteiger partial charge on any atom is 0.431 e. The van der Waals surface area contributed by atoms with E-state index in [1.54, 1.807) is 11.3 Å². The Morgan fingerprint density at radius 2 is 1.82 bits per heavy atom. The average molecular weight is 264 g/mol. The van der Waals surface area contributed by atoms with Crippen molar-refractivity contribution in [3.63, 3.8) is 0 Å². The molecule has 88 valence electrons. The Morgan fingerprint density at radius 3 is 2.53 bits per heavy atom. The van der Waals surface area contributed by atoms with Gasteiger partial charge < -0.3 is 4.42 Å². The van der Waals surface area contributed by atoms with E-state index in [2.05, 4.69) is 29.3 Å². The summed E-state index contributed by atoms with van der Waals surface area (Å²) in [7, 11) is 0. The van der Waals surface area contributed by atoms with E-state index in [1.807, 2.05) is 18.2 Å². The topological polar surface area (TPSA) is 16.1 Å². The van der Waals surface area contributed by atoms with E-state index < -0.39 is 0 Å². The molecular formula is C13H14NOS2+. The van der Waals surface area contributed by atoms with E-state index in [0.717, 1.165) is 33.5 Å². The normalized spacial score (nSPS) is 15.5. The molecule has 4 heteroatoms. The van der Waals surface area contributed by atoms with Gasteiger partial charge in [0.05, 0.1) is 0 Å². The maximum absolute atomic E-state index is 5.95. The van der Waals surface area contributed by atoms with E-state index in [1.165, 1.54) is 12.8 Å². The standard InChI is InChI=1S/C13H13NOS2/c16-12-11(10-6-2-1-3-7-10)15-13(17-12)14-8-4-5-9-14/h1-3,6-7H,4-5,8-9H2/p+1. The Bertz CT molecular complexity index is 575. The van der Waals surface area contributed by atoms with Gasteiger partial charge in [0.2, 0.25) is 0 Å². The second kappa shape index (κ2) is 4.70. The van der Waals surface area contributed by atoms with Crippen LogP contribution in [0.15, 0.2) is 39.0 Å². The molecule has 1 aromatic carbocycles. The lowest BCUT2D eigenvalue weighted by Crippen LogP contribution is -2.23. The average Bonchev–Trinajstić information content (AvgIpc) is 2.99. The zero-order valence-electron chi connectivity index (χ0n) is 9.43. The Morgan fingerprint density at radius 1 is 1.12 bits per heavy atom. The molecule has 0 atom stereocenters. The minimum Gasteiger partial charge on any atom is -0.394 e. The molecule has 1 fully saturated rings. The summed E-state index contributed by atoms with van der Waals surface area (Å²) in [5, 5.41) is 0. The van der Waals surface area contributed by atoms with Crippen LogP contribution in [0.5, 0.6) is 0 Å². The van der Waals surface area contributed by atoms with E-state index >= 15 is 0 Å². The van der Waals surface area contributed by atoms with Crippen molar-refractivity contribution in [1.29, 1.82) is 0 Å². The Hall–Kier alpha value is -1.00. The van der Waals surface area contributed by atoms with Crippen molar-refractivity contribution in [2.75, 3.05) is 13.1 Å². The Kier molecular flexibility index (Phi) is 3.07. The molecule has 0 radical (unpaired) electrons. The molecule has 0 saturated carbocycles. The summed E-state index contributed by atoms with van der Waals surface area (Å²) >= 11 is 6.15. The fraction of sp³-hybridized carbons (Fsp3) is 0.308. The van der Waals surface area contributed by atoms with Crippen molar-refractivity contribution >= 4 is 24.0 Å². The first kappa shape index (κ1) is 11.1. The zero-order valence-corrected chi connectivity index (χ0v) is 11.1. The highest BCUT2D eigenvalue weighted by Gasteiger charge is 2.19. The van der Waals surface area contributed by atoms with Crippen molar-refractivity contribution < 1.29 is 4.42 Å². The summed E-state index contributed by atoms with van der Waals surface area (Å²) in [6.07, 6.45) is 2.52. The SMILES string of the molecule is Sc1sc(=[N+]2CCCC2)oc1-c1ccccc1. The molecule has 1 aliphatic heterocycles. The zero-order chi connectivity index (χ0) is 11.7. The number of thiol groups is 1. The van der Waals surface area contributed by atoms with Crippen LogP contribution in [-0.2, 0) is 0 Å². The van der Waals surface area contributed by atoms with Crippen LogP contribution in [0.2, 0.25) is 0 Å². The molecule has 1 aliphatic rings. The summed E-state index contributed by atoms with van der Waals surface area (Å²) in [6, 6.07) is 10.2. The van der Waals surface area contributed by atoms with Crippen LogP contribution in [0.4, 0.5) is 0 Å². The molecule has 1 aromatic heterocycles. The van der Waals surface area contributed by atoms with E-state index in [-0.39, 0.29) is 0 Å². The van der Waals surface area contributed by atoms with Gasteiger partial charge in [-0.15, -0.1) is 12.6 Å². The molecule has 0 N–H and O–H groups in total. The van der Waals surface area contributed by atoms with E-state index in [4.69, 9.17) is 4.42 Å². The van der Waals surface area contributed by atoms with Crippen molar-refractivity contribution in [3.8, 4) is 11.3 Å². The molecule has 0 spiro atoms. The number of nitrogens with zero attached hydrogens (tertiary/aromatic N) is 1. The summed E-state index contributed by atoms with van der Waals surface area (Å²) in [4.78, 5) is 0.992. The number of rotatable bonds is 1. The number of benzene rings is 1. The molecule has 0 aliphatic carbocycles. The van der Waals surface area contributed by atoms with Gasteiger partial charge in [0.1, 0.15) is 17.3 Å². The third-order valence-electron chi connectivity index (χ3n) is 2.97. The van der Waals surface area contributed by atoms with Crippen molar-refractivity contribution in [1.82, 2.24) is 4.58 Å². The summed E-state index contributed by atoms with van der Waals surface area (Å²) in [5.41, 5.74) is 1.10. The molecule has 2 aromatic rings. The molecule has 0 amide bonds. The van der Waals surface area contributed by atoms with Gasteiger partial charge in [0.25, 0.3) is 0 Å². The van der Waals surface area contributed by atoms with Crippen LogP contribution in [0.1, 0.15) is 12.8 Å². The minimum absolute atomic E-state index is 0.890. The first-order valence-electron chi connectivity index (χ1n) is 5.81. The van der Waals surface area contributed by atoms with Crippen LogP contribution >= 0.6 is 24.0 Å². The number of hydrogen-bond acceptors (Lipinski definition) is 3. The van der Waals surface area contributed by atoms with Crippen LogP contribution < -0.4 is 9.44 Å². The van der Waals surface area contributed by atoms with E-state index in [0.29, 0.717) is 0 Å². The first-order valence-corrected chi connectivity index (χ1v) is 7.07. The summed E-state index contributed by atoms with van der Waals surface area (Å²) in [6.45, 7) is 2.21. The lowest BCUT2D eigenvalue weighted by atomic mass is 10.2. The fourth-order valence-corrected chi connectivity index (χ4v) is 3.34. The maximum atomic E-state index is 5.95. The van der Waals surface area contributed by atoms with Crippen LogP contribution in [0, 0.1) is 0 Å². The molecule has 2 heterocycles. The van der Waals surface area contributed by atoms with E-state index in [9.17, 15) is 0 Å². The second-order valence-corrected chi connectivity index (χ2v) is 5.88. The number of hydrogen-bond donors (Lipinski definition) is 1. The third kappa shape index (κ3) is 2.19. The predicted octanol–water partition coefficient (Wildman–Crippen LogP) is 2.86. The highest BCUT2D eigenvalue weighted by molar-refractivity contribution is 7.83. The van der Waals surface area contributed by atoms with Gasteiger partial charge in [-0.05, 0) is 11.3 Å². The summed E-state index contributed by atoms with van der Waals surface area (Å²) < 4.78 is 9.21. The molecule has 0 unspecified atom stereocenters. The highest BCUT2D eigenvalue weighted by Crippen LogP contribution is 2.28. The Labute approximate surface area is 110 Å². The first-order chi connectivity index (χ1) is 8.34. The molecule has 1 saturated heterocycles. The smallest absolute Gasteiger partial charge is 0.394 e. The molecule has 2 nitrogen and oxygen atoms in total. The highest BCUT2D eigenvalue weighted by atomic mass is 32.2. The van der Waals surface area contributed by atoms with Gasteiger partial charge in [-0.3, -0.25) is 0 Å². The summed E-state index contributed by atoms with van der Waals surface area (Å²) in [5.74, 6) is 0.890. The molecule has 17 heavy (non-hydrogen) atoms. The fourth-order valence-electron chi connectivity index (χ4n) is 2.08. The molecular weight excluding hydrogens is 250 g/mol. The largest absolute Gasteiger partial charge is 0.431 e. The van der Waals surface area contributed by atoms with Gasteiger partial charge in [-0.1, -0.05) is 30.3 Å². The van der Waals surface area contributed by atoms with Crippen LogP contribution in [-0.4, -0.2) is 13.1 Å². The Balaban J connectivity index is 2.11. The second-order valence-electron chi connectivity index (χ2n) is 4.16. The van der Waals surface area contributed by atoms with Crippen LogP contribution in [0.25, 0.3) is 11.3 Å². The molecule has 0 bridgehead atoms. The quantitative estimate of drug-likeness (QED) is 0.619. The monoisotopic (exact) mass is 264 g/mol.